The van der Waals surface area contributed by atoms with E-state index in [1.807, 2.05) is 12.1 Å². The molecule has 0 aliphatic rings. The fraction of sp³-hybridized carbons (Fsp3) is 0.158. The SMILES string of the molecule is CC(=O)N(Cc1ccc2ccc(N)nc2c1)c1ccccc1OC(F)(F)F. The summed E-state index contributed by atoms with van der Waals surface area (Å²) in [6, 6.07) is 14.3. The second-order valence-electron chi connectivity index (χ2n) is 5.88. The maximum absolute atomic E-state index is 12.7. The van der Waals surface area contributed by atoms with Gasteiger partial charge < -0.3 is 15.4 Å². The van der Waals surface area contributed by atoms with E-state index in [1.54, 1.807) is 18.2 Å². The van der Waals surface area contributed by atoms with Crippen molar-refractivity contribution < 1.29 is 22.7 Å². The Bertz CT molecular complexity index is 989. The lowest BCUT2D eigenvalue weighted by molar-refractivity contribution is -0.274. The Balaban J connectivity index is 1.97. The van der Waals surface area contributed by atoms with E-state index in [-0.39, 0.29) is 12.2 Å². The molecule has 27 heavy (non-hydrogen) atoms. The van der Waals surface area contributed by atoms with Gasteiger partial charge in [-0.05, 0) is 35.9 Å². The van der Waals surface area contributed by atoms with Crippen molar-refractivity contribution in [3.05, 3.63) is 60.2 Å². The second kappa shape index (κ2) is 7.14. The van der Waals surface area contributed by atoms with Gasteiger partial charge in [-0.2, -0.15) is 0 Å². The van der Waals surface area contributed by atoms with E-state index in [9.17, 15) is 18.0 Å². The quantitative estimate of drug-likeness (QED) is 0.740. The first kappa shape index (κ1) is 18.5. The summed E-state index contributed by atoms with van der Waals surface area (Å²) < 4.78 is 42.1. The highest BCUT2D eigenvalue weighted by atomic mass is 19.4. The van der Waals surface area contributed by atoms with Gasteiger partial charge in [-0.3, -0.25) is 4.79 Å². The number of hydrogen-bond acceptors (Lipinski definition) is 4. The molecule has 2 N–H and O–H groups in total. The van der Waals surface area contributed by atoms with E-state index in [4.69, 9.17) is 5.73 Å². The molecule has 3 rings (SSSR count). The molecular formula is C19H16F3N3O2. The largest absolute Gasteiger partial charge is 0.573 e. The van der Waals surface area contributed by atoms with Crippen LogP contribution in [0.1, 0.15) is 12.5 Å². The molecule has 0 unspecified atom stereocenters. The van der Waals surface area contributed by atoms with Crippen molar-refractivity contribution in [1.82, 2.24) is 4.98 Å². The molecule has 2 aromatic carbocycles. The number of amides is 1. The van der Waals surface area contributed by atoms with Gasteiger partial charge in [-0.25, -0.2) is 4.98 Å². The summed E-state index contributed by atoms with van der Waals surface area (Å²) in [6.45, 7) is 1.33. The molecular weight excluding hydrogens is 359 g/mol. The number of aromatic nitrogens is 1. The molecule has 0 saturated heterocycles. The third-order valence-electron chi connectivity index (χ3n) is 3.88. The van der Waals surface area contributed by atoms with Gasteiger partial charge in [-0.15, -0.1) is 13.2 Å². The van der Waals surface area contributed by atoms with Crippen molar-refractivity contribution in [3.8, 4) is 5.75 Å². The van der Waals surface area contributed by atoms with E-state index in [1.165, 1.54) is 36.1 Å². The average molecular weight is 375 g/mol. The van der Waals surface area contributed by atoms with E-state index in [0.717, 1.165) is 5.39 Å². The van der Waals surface area contributed by atoms with Crippen LogP contribution >= 0.6 is 0 Å². The molecule has 8 heteroatoms. The predicted octanol–water partition coefficient (Wildman–Crippen LogP) is 4.27. The zero-order valence-corrected chi connectivity index (χ0v) is 14.3. The average Bonchev–Trinajstić information content (AvgIpc) is 2.58. The Morgan fingerprint density at radius 3 is 2.56 bits per heavy atom. The molecule has 3 aromatic rings. The number of carbonyl (C=O) groups is 1. The normalized spacial score (nSPS) is 11.4. The highest BCUT2D eigenvalue weighted by Gasteiger charge is 2.33. The monoisotopic (exact) mass is 375 g/mol. The summed E-state index contributed by atoms with van der Waals surface area (Å²) in [5, 5.41) is 0.864. The number of alkyl halides is 3. The predicted molar refractivity (Wildman–Crippen MR) is 96.1 cm³/mol. The van der Waals surface area contributed by atoms with Crippen molar-refractivity contribution in [2.75, 3.05) is 10.6 Å². The summed E-state index contributed by atoms with van der Waals surface area (Å²) in [5.74, 6) is -0.510. The third-order valence-corrected chi connectivity index (χ3v) is 3.88. The summed E-state index contributed by atoms with van der Waals surface area (Å²) in [6.07, 6.45) is -4.86. The van der Waals surface area contributed by atoms with Crippen LogP contribution < -0.4 is 15.4 Å². The van der Waals surface area contributed by atoms with Crippen LogP contribution in [-0.2, 0) is 11.3 Å². The van der Waals surface area contributed by atoms with Gasteiger partial charge >= 0.3 is 6.36 Å². The first-order chi connectivity index (χ1) is 12.7. The van der Waals surface area contributed by atoms with Crippen molar-refractivity contribution in [2.24, 2.45) is 0 Å². The molecule has 0 bridgehead atoms. The van der Waals surface area contributed by atoms with Crippen LogP contribution in [0.3, 0.4) is 0 Å². The fourth-order valence-corrected chi connectivity index (χ4v) is 2.72. The molecule has 0 saturated carbocycles. The number of halogens is 3. The van der Waals surface area contributed by atoms with Crippen LogP contribution in [0.2, 0.25) is 0 Å². The van der Waals surface area contributed by atoms with Crippen molar-refractivity contribution >= 4 is 28.3 Å². The van der Waals surface area contributed by atoms with Gasteiger partial charge in [0, 0.05) is 12.3 Å². The molecule has 0 radical (unpaired) electrons. The lowest BCUT2D eigenvalue weighted by Gasteiger charge is -2.24. The van der Waals surface area contributed by atoms with Crippen LogP contribution in [-0.4, -0.2) is 17.3 Å². The van der Waals surface area contributed by atoms with E-state index in [0.29, 0.717) is 16.9 Å². The number of hydrogen-bond donors (Lipinski definition) is 1. The van der Waals surface area contributed by atoms with Gasteiger partial charge in [0.1, 0.15) is 5.82 Å². The molecule has 0 aliphatic heterocycles. The molecule has 0 aliphatic carbocycles. The number of para-hydroxylation sites is 2. The highest BCUT2D eigenvalue weighted by molar-refractivity contribution is 5.93. The zero-order chi connectivity index (χ0) is 19.6. The first-order valence-electron chi connectivity index (χ1n) is 8.01. The summed E-state index contributed by atoms with van der Waals surface area (Å²) in [7, 11) is 0. The van der Waals surface area contributed by atoms with Gasteiger partial charge in [-0.1, -0.05) is 24.3 Å². The number of rotatable bonds is 4. The maximum atomic E-state index is 12.7. The smallest absolute Gasteiger partial charge is 0.404 e. The standard InChI is InChI=1S/C19H16F3N3O2/c1-12(26)25(16-4-2-3-5-17(16)27-19(20,21)22)11-13-6-7-14-8-9-18(23)24-15(14)10-13/h2-10H,11H2,1H3,(H2,23,24). The Kier molecular flexibility index (Phi) is 4.89. The van der Waals surface area contributed by atoms with Crippen LogP contribution in [0, 0.1) is 0 Å². The number of nitrogen functional groups attached to an aromatic ring is 1. The number of nitrogens with two attached hydrogens (primary N) is 1. The summed E-state index contributed by atoms with van der Waals surface area (Å²) in [4.78, 5) is 17.6. The molecule has 0 atom stereocenters. The molecule has 1 aromatic heterocycles. The van der Waals surface area contributed by atoms with Crippen molar-refractivity contribution in [3.63, 3.8) is 0 Å². The van der Waals surface area contributed by atoms with Crippen LogP contribution in [0.4, 0.5) is 24.7 Å². The topological polar surface area (TPSA) is 68.5 Å². The van der Waals surface area contributed by atoms with Crippen LogP contribution in [0.5, 0.6) is 5.75 Å². The number of anilines is 2. The third kappa shape index (κ3) is 4.46. The fourth-order valence-electron chi connectivity index (χ4n) is 2.72. The Morgan fingerprint density at radius 1 is 1.15 bits per heavy atom. The van der Waals surface area contributed by atoms with Crippen LogP contribution in [0.25, 0.3) is 10.9 Å². The number of fused-ring (bicyclic) bond motifs is 1. The van der Waals surface area contributed by atoms with E-state index < -0.39 is 18.0 Å². The zero-order valence-electron chi connectivity index (χ0n) is 14.3. The molecule has 140 valence electrons. The van der Waals surface area contributed by atoms with Gasteiger partial charge in [0.15, 0.2) is 5.75 Å². The first-order valence-corrected chi connectivity index (χ1v) is 8.01. The van der Waals surface area contributed by atoms with Gasteiger partial charge in [0.05, 0.1) is 17.7 Å². The minimum absolute atomic E-state index is 0.0305. The number of ether oxygens (including phenoxy) is 1. The Labute approximate surface area is 153 Å². The van der Waals surface area contributed by atoms with Crippen molar-refractivity contribution in [1.29, 1.82) is 0 Å². The summed E-state index contributed by atoms with van der Waals surface area (Å²) in [5.41, 5.74) is 7.05. The Morgan fingerprint density at radius 2 is 1.85 bits per heavy atom. The molecule has 1 amide bonds. The second-order valence-corrected chi connectivity index (χ2v) is 5.88. The number of carbonyl (C=O) groups excluding carboxylic acids is 1. The minimum atomic E-state index is -4.86. The van der Waals surface area contributed by atoms with Crippen molar-refractivity contribution in [2.45, 2.75) is 19.8 Å². The minimum Gasteiger partial charge on any atom is -0.404 e. The highest BCUT2D eigenvalue weighted by Crippen LogP contribution is 2.33. The lowest BCUT2D eigenvalue weighted by atomic mass is 10.1. The summed E-state index contributed by atoms with van der Waals surface area (Å²) >= 11 is 0. The lowest BCUT2D eigenvalue weighted by Crippen LogP contribution is -2.29. The van der Waals surface area contributed by atoms with E-state index in [2.05, 4.69) is 9.72 Å². The molecule has 5 nitrogen and oxygen atoms in total. The van der Waals surface area contributed by atoms with E-state index >= 15 is 0 Å². The Hall–Kier alpha value is -3.29. The number of pyridine rings is 1. The molecule has 0 fully saturated rings. The van der Waals surface area contributed by atoms with Gasteiger partial charge in [0.2, 0.25) is 5.91 Å². The number of benzene rings is 2. The number of nitrogens with zero attached hydrogens (tertiary/aromatic N) is 2. The van der Waals surface area contributed by atoms with Gasteiger partial charge in [0.25, 0.3) is 0 Å². The maximum Gasteiger partial charge on any atom is 0.573 e. The molecule has 0 spiro atoms. The van der Waals surface area contributed by atoms with Crippen LogP contribution in [0.15, 0.2) is 54.6 Å². The molecule has 1 heterocycles.